The van der Waals surface area contributed by atoms with E-state index in [0.717, 1.165) is 63.9 Å². The zero-order chi connectivity index (χ0) is 33.3. The number of carbonyl (C=O) groups is 1. The fourth-order valence-corrected chi connectivity index (χ4v) is 6.48. The van der Waals surface area contributed by atoms with E-state index in [9.17, 15) is 9.36 Å². The molecule has 45 heavy (non-hydrogen) atoms. The molecule has 0 N–H and O–H groups in total. The van der Waals surface area contributed by atoms with E-state index < -0.39 is 25.1 Å². The third kappa shape index (κ3) is 26.0. The molecule has 0 spiro atoms. The summed E-state index contributed by atoms with van der Waals surface area (Å²) in [4.78, 5) is 12.6. The van der Waals surface area contributed by atoms with Crippen LogP contribution in [0.4, 0.5) is 0 Å². The molecule has 0 aliphatic rings. The summed E-state index contributed by atoms with van der Waals surface area (Å²) in [5.41, 5.74) is -0.491. The second-order valence-electron chi connectivity index (χ2n) is 12.7. The normalized spacial score (nSPS) is 12.8. The van der Waals surface area contributed by atoms with Crippen molar-refractivity contribution in [2.45, 2.75) is 200 Å². The van der Waals surface area contributed by atoms with Crippen molar-refractivity contribution >= 4 is 13.3 Å². The van der Waals surface area contributed by atoms with Gasteiger partial charge in [0.05, 0.1) is 26.4 Å². The van der Waals surface area contributed by atoms with Gasteiger partial charge in [0.2, 0.25) is 0 Å². The summed E-state index contributed by atoms with van der Waals surface area (Å²) < 4.78 is 39.1. The number of hydrogen-bond donors (Lipinski definition) is 0. The molecule has 0 aromatic carbocycles. The van der Waals surface area contributed by atoms with Crippen molar-refractivity contribution in [3.63, 3.8) is 0 Å². The number of carbonyl (C=O) groups excluding carboxylic acids is 1. The second kappa shape index (κ2) is 33.3. The molecule has 0 saturated carbocycles. The maximum atomic E-state index is 13.4. The highest BCUT2D eigenvalue weighted by atomic mass is 31.1. The summed E-state index contributed by atoms with van der Waals surface area (Å²) in [5.74, 6) is -2.23. The highest BCUT2D eigenvalue weighted by Gasteiger charge is 2.47. The van der Waals surface area contributed by atoms with Gasteiger partial charge in [0.25, 0.3) is 11.8 Å². The van der Waals surface area contributed by atoms with Crippen LogP contribution < -0.4 is 0 Å². The number of allylic oxidation sites excluding steroid dienone is 1. The molecule has 0 bridgehead atoms. The van der Waals surface area contributed by atoms with Crippen LogP contribution in [0.5, 0.6) is 0 Å². The molecule has 0 aromatic heterocycles. The molecular weight excluding hydrogens is 583 g/mol. The van der Waals surface area contributed by atoms with Crippen molar-refractivity contribution < 1.29 is 28.3 Å². The summed E-state index contributed by atoms with van der Waals surface area (Å²) >= 11 is 0. The summed E-state index contributed by atoms with van der Waals surface area (Å²) in [5, 5.41) is 0. The second-order valence-corrected chi connectivity index (χ2v) is 14.4. The van der Waals surface area contributed by atoms with Crippen molar-refractivity contribution in [1.82, 2.24) is 0 Å². The zero-order valence-corrected chi connectivity index (χ0v) is 31.2. The van der Waals surface area contributed by atoms with E-state index in [-0.39, 0.29) is 6.42 Å². The van der Waals surface area contributed by atoms with Gasteiger partial charge >= 0.3 is 13.3 Å². The van der Waals surface area contributed by atoms with E-state index in [1.54, 1.807) is 0 Å². The average molecular weight is 658 g/mol. The van der Waals surface area contributed by atoms with Crippen molar-refractivity contribution in [3.05, 3.63) is 12.7 Å². The monoisotopic (exact) mass is 658 g/mol. The van der Waals surface area contributed by atoms with Crippen LogP contribution in [0.3, 0.4) is 0 Å². The number of rotatable bonds is 37. The Kier molecular flexibility index (Phi) is 32.8. The standard InChI is InChI=1S/C38H74O6P/c1-6-11-15-19-23-27-31-41-37(45(40)36(39)10-5)35-38(42-32-28-24-20-16-12-7-2,43-33-29-25-21-17-13-8-3)44-34-30-26-22-18-14-9-4/h10,37H,5-9,11-35H2,1-4H3/q+1. The van der Waals surface area contributed by atoms with Crippen molar-refractivity contribution in [1.29, 1.82) is 0 Å². The smallest absolute Gasteiger partial charge is 0.334 e. The van der Waals surface area contributed by atoms with Gasteiger partial charge in [0, 0.05) is 6.08 Å². The average Bonchev–Trinajstić information content (AvgIpc) is 3.05. The highest BCUT2D eigenvalue weighted by Crippen LogP contribution is 2.39. The first-order chi connectivity index (χ1) is 22.0. The fourth-order valence-electron chi connectivity index (χ4n) is 5.39. The Balaban J connectivity index is 5.69. The molecule has 0 rings (SSSR count). The molecule has 0 fully saturated rings. The molecule has 0 aromatic rings. The van der Waals surface area contributed by atoms with Crippen LogP contribution in [0.2, 0.25) is 0 Å². The van der Waals surface area contributed by atoms with Crippen molar-refractivity contribution in [2.75, 3.05) is 26.4 Å². The molecule has 266 valence electrons. The molecule has 2 unspecified atom stereocenters. The van der Waals surface area contributed by atoms with E-state index in [2.05, 4.69) is 34.3 Å². The maximum Gasteiger partial charge on any atom is 0.451 e. The first-order valence-corrected chi connectivity index (χ1v) is 20.5. The summed E-state index contributed by atoms with van der Waals surface area (Å²) in [7, 11) is -2.36. The molecule has 0 heterocycles. The van der Waals surface area contributed by atoms with E-state index in [4.69, 9.17) is 18.9 Å². The van der Waals surface area contributed by atoms with Crippen LogP contribution in [-0.4, -0.2) is 43.8 Å². The van der Waals surface area contributed by atoms with Gasteiger partial charge in [-0.25, -0.2) is 4.79 Å². The molecular formula is C38H74O6P+. The van der Waals surface area contributed by atoms with Crippen LogP contribution >= 0.6 is 7.80 Å². The predicted molar refractivity (Wildman–Crippen MR) is 191 cm³/mol. The van der Waals surface area contributed by atoms with Gasteiger partial charge in [-0.15, -0.1) is 0 Å². The Bertz CT molecular complexity index is 640. The number of unbranched alkanes of at least 4 members (excludes halogenated alkanes) is 20. The lowest BCUT2D eigenvalue weighted by Crippen LogP contribution is -2.43. The molecule has 2 atom stereocenters. The lowest BCUT2D eigenvalue weighted by Gasteiger charge is -2.34. The van der Waals surface area contributed by atoms with E-state index >= 15 is 0 Å². The van der Waals surface area contributed by atoms with E-state index in [1.807, 2.05) is 0 Å². The Morgan fingerprint density at radius 3 is 1.20 bits per heavy atom. The van der Waals surface area contributed by atoms with Gasteiger partial charge in [-0.1, -0.05) is 167 Å². The van der Waals surface area contributed by atoms with Crippen LogP contribution in [0, 0.1) is 0 Å². The minimum atomic E-state index is -2.36. The van der Waals surface area contributed by atoms with Gasteiger partial charge in [0.15, 0.2) is 0 Å². The summed E-state index contributed by atoms with van der Waals surface area (Å²) in [6, 6.07) is 0. The maximum absolute atomic E-state index is 13.4. The van der Waals surface area contributed by atoms with Gasteiger partial charge < -0.3 is 18.9 Å². The largest absolute Gasteiger partial charge is 0.451 e. The molecule has 0 radical (unpaired) electrons. The van der Waals surface area contributed by atoms with Crippen LogP contribution in [0.25, 0.3) is 0 Å². The molecule has 0 aliphatic carbocycles. The van der Waals surface area contributed by atoms with E-state index in [1.165, 1.54) is 96.3 Å². The number of ether oxygens (including phenoxy) is 4. The predicted octanol–water partition coefficient (Wildman–Crippen LogP) is 12.4. The fraction of sp³-hybridized carbons (Fsp3) is 0.921. The Labute approximate surface area is 280 Å². The third-order valence-electron chi connectivity index (χ3n) is 8.35. The SMILES string of the molecule is C=CC(=O)[P+](=O)C(CC(OCCCCCCCC)(OCCCCCCCC)OCCCCCCCC)OCCCCCCCC. The van der Waals surface area contributed by atoms with Crippen molar-refractivity contribution in [3.8, 4) is 0 Å². The van der Waals surface area contributed by atoms with Crippen molar-refractivity contribution in [2.24, 2.45) is 0 Å². The Morgan fingerprint density at radius 2 is 0.867 bits per heavy atom. The van der Waals surface area contributed by atoms with Gasteiger partial charge in [-0.3, -0.25) is 0 Å². The van der Waals surface area contributed by atoms with Crippen LogP contribution in [-0.2, 0) is 28.3 Å². The van der Waals surface area contributed by atoms with Gasteiger partial charge in [0.1, 0.15) is 6.42 Å². The lowest BCUT2D eigenvalue weighted by molar-refractivity contribution is -0.387. The molecule has 0 amide bonds. The number of hydrogen-bond acceptors (Lipinski definition) is 6. The molecule has 6 nitrogen and oxygen atoms in total. The summed E-state index contributed by atoms with van der Waals surface area (Å²) in [6.45, 7) is 14.4. The third-order valence-corrected chi connectivity index (χ3v) is 9.82. The lowest BCUT2D eigenvalue weighted by atomic mass is 10.1. The highest BCUT2D eigenvalue weighted by molar-refractivity contribution is 7.64. The quantitative estimate of drug-likeness (QED) is 0.0286. The van der Waals surface area contributed by atoms with Crippen LogP contribution in [0.1, 0.15) is 188 Å². The minimum Gasteiger partial charge on any atom is -0.334 e. The zero-order valence-electron chi connectivity index (χ0n) is 30.3. The van der Waals surface area contributed by atoms with Gasteiger partial charge in [-0.2, -0.15) is 0 Å². The van der Waals surface area contributed by atoms with Crippen LogP contribution in [0.15, 0.2) is 12.7 Å². The molecule has 0 saturated heterocycles. The van der Waals surface area contributed by atoms with E-state index in [0.29, 0.717) is 26.4 Å². The van der Waals surface area contributed by atoms with Gasteiger partial charge in [-0.05, 0) is 25.7 Å². The first-order valence-electron chi connectivity index (χ1n) is 19.2. The Hall–Kier alpha value is -0.650. The Morgan fingerprint density at radius 1 is 0.556 bits per heavy atom. The topological polar surface area (TPSA) is 71.1 Å². The molecule has 7 heteroatoms. The minimum absolute atomic E-state index is 0.110. The molecule has 0 aliphatic heterocycles. The first kappa shape index (κ1) is 44.4. The summed E-state index contributed by atoms with van der Waals surface area (Å²) in [6.07, 6.45) is 28.7.